The third-order valence-electron chi connectivity index (χ3n) is 15.4. The average Bonchev–Trinajstić information content (AvgIpc) is 3.58. The van der Waals surface area contributed by atoms with E-state index in [1.807, 2.05) is 20.8 Å². The normalized spacial score (nSPS) is 48.4. The second-order valence-corrected chi connectivity index (χ2v) is 19.6. The van der Waals surface area contributed by atoms with Gasteiger partial charge in [-0.25, -0.2) is 8.42 Å². The van der Waals surface area contributed by atoms with Gasteiger partial charge in [0, 0.05) is 20.1 Å². The van der Waals surface area contributed by atoms with Crippen LogP contribution in [0.4, 0.5) is 0 Å². The Hall–Kier alpha value is 0.390. The van der Waals surface area contributed by atoms with Gasteiger partial charge in [-0.15, -0.1) is 0 Å². The number of methoxy groups -OCH3 is 2. The van der Waals surface area contributed by atoms with Gasteiger partial charge in [-0.05, 0) is 97.7 Å². The Morgan fingerprint density at radius 1 is 0.825 bits per heavy atom. The monoisotopic (exact) mass is 846 g/mol. The Morgan fingerprint density at radius 3 is 2.12 bits per heavy atom. The summed E-state index contributed by atoms with van der Waals surface area (Å²) in [5.74, 6) is -0.694. The first-order valence-corrected chi connectivity index (χ1v) is 21.9. The van der Waals surface area contributed by atoms with Crippen LogP contribution >= 0.6 is 0 Å². The number of hydrogen-bond donors (Lipinski definition) is 6. The van der Waals surface area contributed by atoms with Gasteiger partial charge < -0.3 is 63.6 Å². The van der Waals surface area contributed by atoms with Crippen molar-refractivity contribution in [2.75, 3.05) is 27.4 Å². The van der Waals surface area contributed by atoms with Crippen molar-refractivity contribution in [2.45, 2.75) is 166 Å². The largest absolute Gasteiger partial charge is 1.00 e. The van der Waals surface area contributed by atoms with E-state index in [1.54, 1.807) is 0 Å². The van der Waals surface area contributed by atoms with Gasteiger partial charge >= 0.3 is 29.6 Å². The van der Waals surface area contributed by atoms with Crippen LogP contribution in [0, 0.1) is 52.3 Å². The summed E-state index contributed by atoms with van der Waals surface area (Å²) in [7, 11) is -2.23. The van der Waals surface area contributed by atoms with E-state index in [1.165, 1.54) is 14.2 Å². The van der Waals surface area contributed by atoms with Gasteiger partial charge in [0.1, 0.15) is 36.6 Å². The first-order chi connectivity index (χ1) is 26.3. The minimum atomic E-state index is -5.10. The van der Waals surface area contributed by atoms with Crippen molar-refractivity contribution in [1.82, 2.24) is 0 Å². The predicted molar refractivity (Wildman–Crippen MR) is 196 cm³/mol. The summed E-state index contributed by atoms with van der Waals surface area (Å²) in [6.45, 7) is 10.1. The first-order valence-electron chi connectivity index (χ1n) is 20.6. The molecular formula is C39H67NaO16S. The van der Waals surface area contributed by atoms with E-state index < -0.39 is 102 Å². The number of rotatable bonds is 14. The van der Waals surface area contributed by atoms with E-state index in [0.29, 0.717) is 25.7 Å². The minimum Gasteiger partial charge on any atom is -0.726 e. The van der Waals surface area contributed by atoms with Crippen molar-refractivity contribution >= 4 is 10.4 Å². The van der Waals surface area contributed by atoms with Crippen LogP contribution in [0.2, 0.25) is 0 Å². The topological polar surface area (TPSA) is 243 Å². The summed E-state index contributed by atoms with van der Waals surface area (Å²) in [6.07, 6.45) is -7.68. The Balaban J connectivity index is 0.00000620. The summed E-state index contributed by atoms with van der Waals surface area (Å²) in [5, 5.41) is 65.5. The molecule has 6 rings (SSSR count). The van der Waals surface area contributed by atoms with Gasteiger partial charge in [0.2, 0.25) is 10.4 Å². The van der Waals surface area contributed by atoms with Gasteiger partial charge in [0.05, 0.1) is 43.7 Å². The summed E-state index contributed by atoms with van der Waals surface area (Å²) < 4.78 is 76.5. The summed E-state index contributed by atoms with van der Waals surface area (Å²) in [6, 6.07) is 0. The zero-order valence-corrected chi connectivity index (χ0v) is 37.6. The quantitative estimate of drug-likeness (QED) is 0.0634. The van der Waals surface area contributed by atoms with E-state index in [4.69, 9.17) is 32.6 Å². The molecule has 0 bridgehead atoms. The molecule has 16 nitrogen and oxygen atoms in total. The Labute approximate surface area is 359 Å². The smallest absolute Gasteiger partial charge is 0.726 e. The van der Waals surface area contributed by atoms with Crippen molar-refractivity contribution in [1.29, 1.82) is 0 Å². The molecule has 0 spiro atoms. The molecule has 57 heavy (non-hydrogen) atoms. The fourth-order valence-corrected chi connectivity index (χ4v) is 13.1. The molecule has 326 valence electrons. The molecule has 4 aliphatic carbocycles. The Bertz CT molecular complexity index is 1430. The molecule has 0 amide bonds. The zero-order chi connectivity index (χ0) is 41.1. The molecule has 0 radical (unpaired) electrons. The van der Waals surface area contributed by atoms with Gasteiger partial charge in [-0.3, -0.25) is 4.18 Å². The number of fused-ring (bicyclic) bond motifs is 5. The number of aliphatic hydroxyl groups is 6. The van der Waals surface area contributed by atoms with Crippen molar-refractivity contribution in [2.24, 2.45) is 52.3 Å². The molecule has 2 aliphatic heterocycles. The molecule has 0 aromatic carbocycles. The van der Waals surface area contributed by atoms with E-state index in [2.05, 4.69) is 13.8 Å². The van der Waals surface area contributed by atoms with Crippen molar-refractivity contribution in [3.8, 4) is 0 Å². The van der Waals surface area contributed by atoms with Gasteiger partial charge in [0.15, 0.2) is 12.6 Å². The van der Waals surface area contributed by atoms with Crippen LogP contribution in [0.1, 0.15) is 86.0 Å². The second-order valence-electron chi connectivity index (χ2n) is 18.6. The van der Waals surface area contributed by atoms with Gasteiger partial charge in [0.25, 0.3) is 0 Å². The van der Waals surface area contributed by atoms with Crippen LogP contribution in [0.5, 0.6) is 0 Å². The van der Waals surface area contributed by atoms with Crippen LogP contribution < -0.4 is 29.6 Å². The number of aliphatic hydroxyl groups excluding tert-OH is 6. The third kappa shape index (κ3) is 9.38. The molecule has 2 saturated heterocycles. The molecular weight excluding hydrogens is 779 g/mol. The van der Waals surface area contributed by atoms with Crippen LogP contribution in [-0.4, -0.2) is 151 Å². The van der Waals surface area contributed by atoms with Crippen LogP contribution in [-0.2, 0) is 43.0 Å². The van der Waals surface area contributed by atoms with E-state index >= 15 is 0 Å². The maximum atomic E-state index is 12.0. The van der Waals surface area contributed by atoms with Gasteiger partial charge in [-0.2, -0.15) is 0 Å². The molecule has 18 heteroatoms. The van der Waals surface area contributed by atoms with Crippen molar-refractivity contribution in [3.63, 3.8) is 0 Å². The summed E-state index contributed by atoms with van der Waals surface area (Å²) >= 11 is 0. The fraction of sp³-hybridized carbons (Fsp3) is 1.00. The predicted octanol–water partition coefficient (Wildman–Crippen LogP) is -1.92. The maximum absolute atomic E-state index is 12.0. The molecule has 2 heterocycles. The molecule has 14 unspecified atom stereocenters. The maximum Gasteiger partial charge on any atom is 1.00 e. The molecule has 0 aromatic heterocycles. The van der Waals surface area contributed by atoms with Crippen LogP contribution in [0.15, 0.2) is 0 Å². The first kappa shape index (κ1) is 48.4. The van der Waals surface area contributed by atoms with Crippen molar-refractivity contribution in [3.05, 3.63) is 0 Å². The summed E-state index contributed by atoms with van der Waals surface area (Å²) in [4.78, 5) is 0. The fourth-order valence-electron chi connectivity index (χ4n) is 12.6. The number of hydrogen-bond acceptors (Lipinski definition) is 16. The number of ether oxygens (including phenoxy) is 6. The Morgan fingerprint density at radius 2 is 1.51 bits per heavy atom. The molecule has 0 aromatic rings. The molecule has 21 atom stereocenters. The van der Waals surface area contributed by atoms with Crippen molar-refractivity contribution < 1.29 is 106 Å². The van der Waals surface area contributed by atoms with E-state index in [9.17, 15) is 43.6 Å². The SMILES string of the molecule is COC1C(O)[C@H](OC)CO[C@@H]1OC1C(O)[C@@H](CO)O[C@H]1O[C@@H](CCC(C)C1CC(O)C2C3CC(OS(=O)(=O)[O-])C4C(O)C(O)CC[C@]4(C)C3CC[C@]12C)C(C)C.[Na+]. The van der Waals surface area contributed by atoms with Gasteiger partial charge in [-0.1, -0.05) is 34.6 Å². The Kier molecular flexibility index (Phi) is 16.2. The standard InChI is InChI=1S/C39H68O16S.Na/c1-18(2)25(52-37-35(32(44)27(16-40)53-37)54-36-34(50-7)33(45)28(49-6)17-51-36)9-8-19(3)22-15-24(42)29-20-14-26(55-56(46,47)48)30-31(43)23(41)11-13-38(30,4)21(20)10-12-39(22,29)5;/h18-37,40-45H,8-17H2,1-7H3,(H,46,47,48);/q;+1/p-1/t19?,20?,21?,22?,23?,24?,25-,26?,27+,28+,29?,30?,31?,32?,33?,34?,35?,36+,37+,38+,39+;/m0./s1. The van der Waals surface area contributed by atoms with E-state index in [0.717, 1.165) is 19.3 Å². The molecule has 4 saturated carbocycles. The minimum absolute atomic E-state index is 0. The second kappa shape index (κ2) is 19.0. The molecule has 6 aliphatic rings. The average molecular weight is 847 g/mol. The zero-order valence-electron chi connectivity index (χ0n) is 34.8. The molecule has 6 N–H and O–H groups in total. The summed E-state index contributed by atoms with van der Waals surface area (Å²) in [5.41, 5.74) is -0.878. The van der Waals surface area contributed by atoms with Crippen LogP contribution in [0.25, 0.3) is 0 Å². The van der Waals surface area contributed by atoms with E-state index in [-0.39, 0.29) is 89.6 Å². The molecule has 6 fully saturated rings. The third-order valence-corrected chi connectivity index (χ3v) is 15.9. The van der Waals surface area contributed by atoms with Crippen LogP contribution in [0.3, 0.4) is 0 Å².